The van der Waals surface area contributed by atoms with Gasteiger partial charge < -0.3 is 9.64 Å². The number of rotatable bonds is 2. The van der Waals surface area contributed by atoms with Gasteiger partial charge in [-0.3, -0.25) is 0 Å². The topological polar surface area (TPSA) is 12.5 Å². The van der Waals surface area contributed by atoms with E-state index in [9.17, 15) is 0 Å². The molecular weight excluding hydrogens is 198 g/mol. The molecule has 2 heteroatoms. The molecule has 1 heterocycles. The number of hydrogen-bond acceptors (Lipinski definition) is 2. The summed E-state index contributed by atoms with van der Waals surface area (Å²) in [6, 6.07) is 2.19. The average Bonchev–Trinajstić information content (AvgIpc) is 2.60. The number of methoxy groups -OCH3 is 1. The highest BCUT2D eigenvalue weighted by Gasteiger charge is 2.28. The maximum atomic E-state index is 5.44. The van der Waals surface area contributed by atoms with Gasteiger partial charge in [0.2, 0.25) is 0 Å². The van der Waals surface area contributed by atoms with Gasteiger partial charge in [0, 0.05) is 31.3 Å². The summed E-state index contributed by atoms with van der Waals surface area (Å²) < 4.78 is 5.44. The molecule has 1 aromatic rings. The summed E-state index contributed by atoms with van der Waals surface area (Å²) in [5.41, 5.74) is 5.58. The van der Waals surface area contributed by atoms with Crippen LogP contribution in [0.1, 0.15) is 36.0 Å². The lowest BCUT2D eigenvalue weighted by molar-refractivity contribution is 0.411. The molecule has 1 aromatic carbocycles. The van der Waals surface area contributed by atoms with Crippen molar-refractivity contribution in [1.29, 1.82) is 0 Å². The fraction of sp³-hybridized carbons (Fsp3) is 0.571. The van der Waals surface area contributed by atoms with Crippen molar-refractivity contribution in [2.24, 2.45) is 0 Å². The normalized spacial score (nSPS) is 18.8. The predicted molar refractivity (Wildman–Crippen MR) is 68.8 cm³/mol. The van der Waals surface area contributed by atoms with E-state index in [4.69, 9.17) is 4.74 Å². The molecule has 16 heavy (non-hydrogen) atoms. The Bertz CT molecular complexity index is 412. The second-order valence-corrected chi connectivity index (χ2v) is 4.75. The van der Waals surface area contributed by atoms with Gasteiger partial charge in [0.25, 0.3) is 0 Å². The smallest absolute Gasteiger partial charge is 0.124 e. The third-order valence-corrected chi connectivity index (χ3v) is 3.91. The number of hydrogen-bond donors (Lipinski definition) is 0. The molecule has 88 valence electrons. The molecular formula is C14H21NO. The van der Waals surface area contributed by atoms with E-state index in [1.165, 1.54) is 28.8 Å². The highest BCUT2D eigenvalue weighted by molar-refractivity contribution is 5.67. The molecule has 0 amide bonds. The van der Waals surface area contributed by atoms with Crippen LogP contribution in [0.5, 0.6) is 5.75 Å². The van der Waals surface area contributed by atoms with Crippen molar-refractivity contribution in [3.8, 4) is 5.75 Å². The fourth-order valence-corrected chi connectivity index (χ4v) is 2.79. The van der Waals surface area contributed by atoms with Crippen molar-refractivity contribution in [1.82, 2.24) is 0 Å². The van der Waals surface area contributed by atoms with Gasteiger partial charge in [-0.15, -0.1) is 0 Å². The van der Waals surface area contributed by atoms with Gasteiger partial charge in [-0.1, -0.05) is 6.92 Å². The van der Waals surface area contributed by atoms with E-state index >= 15 is 0 Å². The van der Waals surface area contributed by atoms with Crippen LogP contribution in [0.4, 0.5) is 5.69 Å². The predicted octanol–water partition coefficient (Wildman–Crippen LogP) is 3.26. The Kier molecular flexibility index (Phi) is 2.83. The van der Waals surface area contributed by atoms with Crippen molar-refractivity contribution >= 4 is 5.69 Å². The van der Waals surface area contributed by atoms with Gasteiger partial charge in [0.05, 0.1) is 7.11 Å². The minimum Gasteiger partial charge on any atom is -0.496 e. The largest absolute Gasteiger partial charge is 0.496 e. The molecule has 0 bridgehead atoms. The highest BCUT2D eigenvalue weighted by atomic mass is 16.5. The number of nitrogens with zero attached hydrogens (tertiary/aromatic N) is 1. The Morgan fingerprint density at radius 3 is 2.62 bits per heavy atom. The van der Waals surface area contributed by atoms with Gasteiger partial charge in [0.15, 0.2) is 0 Å². The minimum absolute atomic E-state index is 0.685. The summed E-state index contributed by atoms with van der Waals surface area (Å²) >= 11 is 0. The number of ether oxygens (including phenoxy) is 1. The van der Waals surface area contributed by atoms with Crippen LogP contribution in [-0.2, 0) is 0 Å². The van der Waals surface area contributed by atoms with E-state index < -0.39 is 0 Å². The van der Waals surface area contributed by atoms with E-state index in [0.717, 1.165) is 12.3 Å². The minimum atomic E-state index is 0.685. The van der Waals surface area contributed by atoms with Gasteiger partial charge >= 0.3 is 0 Å². The van der Waals surface area contributed by atoms with E-state index in [1.54, 1.807) is 7.11 Å². The summed E-state index contributed by atoms with van der Waals surface area (Å²) in [7, 11) is 3.92. The molecule has 2 nitrogen and oxygen atoms in total. The molecule has 0 N–H and O–H groups in total. The molecule has 1 unspecified atom stereocenters. The lowest BCUT2D eigenvalue weighted by Crippen LogP contribution is -2.14. The van der Waals surface area contributed by atoms with E-state index in [0.29, 0.717) is 5.92 Å². The van der Waals surface area contributed by atoms with Crippen LogP contribution in [0.25, 0.3) is 0 Å². The Morgan fingerprint density at radius 2 is 2.06 bits per heavy atom. The fourth-order valence-electron chi connectivity index (χ4n) is 2.79. The molecule has 2 rings (SSSR count). The first-order chi connectivity index (χ1) is 7.60. The zero-order valence-electron chi connectivity index (χ0n) is 10.9. The van der Waals surface area contributed by atoms with Gasteiger partial charge in [0.1, 0.15) is 5.75 Å². The summed E-state index contributed by atoms with van der Waals surface area (Å²) in [6.45, 7) is 7.78. The van der Waals surface area contributed by atoms with Gasteiger partial charge in [-0.25, -0.2) is 0 Å². The molecule has 0 fully saturated rings. The second kappa shape index (κ2) is 4.00. The van der Waals surface area contributed by atoms with Crippen molar-refractivity contribution < 1.29 is 4.74 Å². The third-order valence-electron chi connectivity index (χ3n) is 3.91. The van der Waals surface area contributed by atoms with Crippen molar-refractivity contribution in [2.45, 2.75) is 33.1 Å². The highest BCUT2D eigenvalue weighted by Crippen LogP contribution is 2.43. The standard InChI is InChI=1S/C14H21NO/c1-6-11-8-15(4)12-7-13(16-5)9(2)10(3)14(11)12/h7,11H,6,8H2,1-5H3. The van der Waals surface area contributed by atoms with Crippen LogP contribution >= 0.6 is 0 Å². The van der Waals surface area contributed by atoms with Crippen LogP contribution in [0.2, 0.25) is 0 Å². The molecule has 1 aliphatic rings. The lowest BCUT2D eigenvalue weighted by atomic mass is 9.91. The first-order valence-electron chi connectivity index (χ1n) is 5.99. The zero-order chi connectivity index (χ0) is 11.9. The van der Waals surface area contributed by atoms with Crippen LogP contribution in [0, 0.1) is 13.8 Å². The number of likely N-dealkylation sites (N-methyl/N-ethyl adjacent to an activating group) is 1. The lowest BCUT2D eigenvalue weighted by Gasteiger charge is -2.17. The summed E-state index contributed by atoms with van der Waals surface area (Å²) in [6.07, 6.45) is 1.21. The number of anilines is 1. The maximum Gasteiger partial charge on any atom is 0.124 e. The molecule has 1 atom stereocenters. The molecule has 0 aromatic heterocycles. The number of benzene rings is 1. The molecule has 0 aliphatic carbocycles. The second-order valence-electron chi connectivity index (χ2n) is 4.75. The zero-order valence-corrected chi connectivity index (χ0v) is 10.9. The first kappa shape index (κ1) is 11.3. The summed E-state index contributed by atoms with van der Waals surface area (Å²) in [5.74, 6) is 1.70. The third kappa shape index (κ3) is 1.48. The monoisotopic (exact) mass is 219 g/mol. The van der Waals surface area contributed by atoms with Crippen molar-refractivity contribution in [3.63, 3.8) is 0 Å². The van der Waals surface area contributed by atoms with Crippen molar-refractivity contribution in [2.75, 3.05) is 25.6 Å². The summed E-state index contributed by atoms with van der Waals surface area (Å²) in [4.78, 5) is 2.35. The van der Waals surface area contributed by atoms with Crippen molar-refractivity contribution in [3.05, 3.63) is 22.8 Å². The molecule has 0 radical (unpaired) electrons. The quantitative estimate of drug-likeness (QED) is 0.757. The molecule has 0 saturated carbocycles. The molecule has 1 aliphatic heterocycles. The van der Waals surface area contributed by atoms with Crippen LogP contribution in [-0.4, -0.2) is 20.7 Å². The SMILES string of the molecule is CCC1CN(C)c2cc(OC)c(C)c(C)c21. The Labute approximate surface area is 98.2 Å². The van der Waals surface area contributed by atoms with Crippen LogP contribution in [0.15, 0.2) is 6.07 Å². The Morgan fingerprint density at radius 1 is 1.38 bits per heavy atom. The van der Waals surface area contributed by atoms with E-state index in [-0.39, 0.29) is 0 Å². The number of fused-ring (bicyclic) bond motifs is 1. The molecule has 0 saturated heterocycles. The molecule has 0 spiro atoms. The Hall–Kier alpha value is -1.18. The van der Waals surface area contributed by atoms with E-state index in [1.807, 2.05) is 0 Å². The maximum absolute atomic E-state index is 5.44. The van der Waals surface area contributed by atoms with Gasteiger partial charge in [-0.05, 0) is 37.0 Å². The first-order valence-corrected chi connectivity index (χ1v) is 5.99. The Balaban J connectivity index is 2.62. The summed E-state index contributed by atoms with van der Waals surface area (Å²) in [5, 5.41) is 0. The van der Waals surface area contributed by atoms with Crippen LogP contribution in [0.3, 0.4) is 0 Å². The average molecular weight is 219 g/mol. The van der Waals surface area contributed by atoms with Gasteiger partial charge in [-0.2, -0.15) is 0 Å². The van der Waals surface area contributed by atoms with Crippen LogP contribution < -0.4 is 9.64 Å². The van der Waals surface area contributed by atoms with E-state index in [2.05, 4.69) is 38.8 Å².